The van der Waals surface area contributed by atoms with Crippen LogP contribution in [0.1, 0.15) is 0 Å². The summed E-state index contributed by atoms with van der Waals surface area (Å²) in [4.78, 5) is 4.23. The summed E-state index contributed by atoms with van der Waals surface area (Å²) in [5, 5.41) is 4.99. The first-order chi connectivity index (χ1) is 21.8. The molecule has 0 bridgehead atoms. The van der Waals surface area contributed by atoms with Crippen molar-refractivity contribution in [3.63, 3.8) is 0 Å². The van der Waals surface area contributed by atoms with Gasteiger partial charge in [-0.15, -0.1) is 0 Å². The van der Waals surface area contributed by atoms with E-state index in [0.29, 0.717) is 0 Å². The summed E-state index contributed by atoms with van der Waals surface area (Å²) < 4.78 is 0. The van der Waals surface area contributed by atoms with Crippen LogP contribution in [-0.2, 0) is 0 Å². The zero-order valence-corrected chi connectivity index (χ0v) is 24.2. The summed E-state index contributed by atoms with van der Waals surface area (Å²) in [7, 11) is 0. The van der Waals surface area contributed by atoms with Gasteiger partial charge in [-0.3, -0.25) is 4.98 Å². The molecule has 0 spiro atoms. The molecule has 1 heterocycles. The number of nitrogens with zero attached hydrogens (tertiary/aromatic N) is 1. The molecule has 0 fully saturated rings. The Bertz CT molecular complexity index is 2250. The van der Waals surface area contributed by atoms with Crippen LogP contribution in [0.5, 0.6) is 0 Å². The monoisotopic (exact) mass is 559 g/mol. The Labute approximate surface area is 257 Å². The molecular weight excluding hydrogens is 530 g/mol. The summed E-state index contributed by atoms with van der Waals surface area (Å²) in [6, 6.07) is 59.2. The standard InChI is InChI=1S/C43H29N/c1-3-11-30(12-4-1)33-15-9-18-37(27-33)43-39-20-8-7-19-38(39)42(36-17-10-16-34(28-36)32-23-25-44-26-24-32)40-22-21-35(29-41(40)43)31-13-5-2-6-14-31/h1-29H. The van der Waals surface area contributed by atoms with Gasteiger partial charge in [0.25, 0.3) is 0 Å². The van der Waals surface area contributed by atoms with E-state index in [9.17, 15) is 0 Å². The van der Waals surface area contributed by atoms with Crippen molar-refractivity contribution in [2.75, 3.05) is 0 Å². The van der Waals surface area contributed by atoms with Gasteiger partial charge < -0.3 is 0 Å². The SMILES string of the molecule is c1ccc(-c2cccc(-c3c4ccccc4c(-c4cccc(-c5ccncc5)c4)c4ccc(-c5ccccc5)cc34)c2)cc1. The lowest BCUT2D eigenvalue weighted by Gasteiger charge is -2.19. The van der Waals surface area contributed by atoms with E-state index in [-0.39, 0.29) is 0 Å². The first-order valence-corrected chi connectivity index (χ1v) is 15.0. The van der Waals surface area contributed by atoms with Crippen LogP contribution in [0.3, 0.4) is 0 Å². The van der Waals surface area contributed by atoms with Crippen molar-refractivity contribution in [1.82, 2.24) is 4.98 Å². The highest BCUT2D eigenvalue weighted by Crippen LogP contribution is 2.45. The molecule has 0 amide bonds. The molecule has 0 aliphatic rings. The van der Waals surface area contributed by atoms with Crippen molar-refractivity contribution in [1.29, 1.82) is 0 Å². The van der Waals surface area contributed by atoms with Crippen LogP contribution in [0.2, 0.25) is 0 Å². The molecular formula is C43H29N. The van der Waals surface area contributed by atoms with Gasteiger partial charge in [0.15, 0.2) is 0 Å². The van der Waals surface area contributed by atoms with Gasteiger partial charge in [0.2, 0.25) is 0 Å². The van der Waals surface area contributed by atoms with Gasteiger partial charge in [-0.1, -0.05) is 133 Å². The molecule has 0 aliphatic carbocycles. The minimum Gasteiger partial charge on any atom is -0.265 e. The van der Waals surface area contributed by atoms with Gasteiger partial charge in [0.1, 0.15) is 0 Å². The third-order valence-corrected chi connectivity index (χ3v) is 8.55. The van der Waals surface area contributed by atoms with Crippen molar-refractivity contribution < 1.29 is 0 Å². The molecule has 1 nitrogen and oxygen atoms in total. The summed E-state index contributed by atoms with van der Waals surface area (Å²) in [6.07, 6.45) is 3.71. The lowest BCUT2D eigenvalue weighted by molar-refractivity contribution is 1.33. The normalized spacial score (nSPS) is 11.2. The Morgan fingerprint density at radius 3 is 1.23 bits per heavy atom. The molecule has 0 radical (unpaired) electrons. The molecule has 206 valence electrons. The molecule has 8 aromatic rings. The van der Waals surface area contributed by atoms with Gasteiger partial charge >= 0.3 is 0 Å². The number of hydrogen-bond donors (Lipinski definition) is 0. The van der Waals surface area contributed by atoms with Crippen molar-refractivity contribution in [3.8, 4) is 55.6 Å². The Morgan fingerprint density at radius 1 is 0.250 bits per heavy atom. The van der Waals surface area contributed by atoms with E-state index in [1.54, 1.807) is 0 Å². The third kappa shape index (κ3) is 4.65. The van der Waals surface area contributed by atoms with E-state index >= 15 is 0 Å². The van der Waals surface area contributed by atoms with Gasteiger partial charge in [-0.2, -0.15) is 0 Å². The van der Waals surface area contributed by atoms with E-state index in [1.165, 1.54) is 71.6 Å². The molecule has 7 aromatic carbocycles. The fourth-order valence-corrected chi connectivity index (χ4v) is 6.49. The van der Waals surface area contributed by atoms with Crippen molar-refractivity contribution in [3.05, 3.63) is 176 Å². The lowest BCUT2D eigenvalue weighted by Crippen LogP contribution is -1.92. The second-order valence-electron chi connectivity index (χ2n) is 11.2. The molecule has 0 saturated carbocycles. The van der Waals surface area contributed by atoms with Crippen LogP contribution in [0.15, 0.2) is 176 Å². The Kier molecular flexibility index (Phi) is 6.55. The average Bonchev–Trinajstić information content (AvgIpc) is 3.11. The number of rotatable bonds is 5. The molecule has 0 aliphatic heterocycles. The summed E-state index contributed by atoms with van der Waals surface area (Å²) in [5.74, 6) is 0. The van der Waals surface area contributed by atoms with E-state index in [4.69, 9.17) is 0 Å². The van der Waals surface area contributed by atoms with Gasteiger partial charge in [0, 0.05) is 12.4 Å². The number of aromatic nitrogens is 1. The number of benzene rings is 7. The predicted octanol–water partition coefficient (Wildman–Crippen LogP) is 11.7. The molecule has 0 N–H and O–H groups in total. The van der Waals surface area contributed by atoms with Crippen LogP contribution in [0.25, 0.3) is 77.2 Å². The highest BCUT2D eigenvalue weighted by atomic mass is 14.6. The maximum atomic E-state index is 4.23. The largest absolute Gasteiger partial charge is 0.265 e. The second-order valence-corrected chi connectivity index (χ2v) is 11.2. The van der Waals surface area contributed by atoms with Gasteiger partial charge in [-0.25, -0.2) is 0 Å². The third-order valence-electron chi connectivity index (χ3n) is 8.55. The van der Waals surface area contributed by atoms with E-state index in [0.717, 1.165) is 5.56 Å². The first kappa shape index (κ1) is 25.9. The Morgan fingerprint density at radius 2 is 0.659 bits per heavy atom. The molecule has 0 atom stereocenters. The highest BCUT2D eigenvalue weighted by molar-refractivity contribution is 6.22. The molecule has 0 unspecified atom stereocenters. The van der Waals surface area contributed by atoms with Crippen molar-refractivity contribution in [2.45, 2.75) is 0 Å². The second kappa shape index (κ2) is 11.1. The maximum absolute atomic E-state index is 4.23. The smallest absolute Gasteiger partial charge is 0.0273 e. The topological polar surface area (TPSA) is 12.9 Å². The molecule has 0 saturated heterocycles. The number of hydrogen-bond acceptors (Lipinski definition) is 1. The zero-order valence-electron chi connectivity index (χ0n) is 24.2. The van der Waals surface area contributed by atoms with Crippen molar-refractivity contribution in [2.24, 2.45) is 0 Å². The predicted molar refractivity (Wildman–Crippen MR) is 186 cm³/mol. The molecule has 1 aromatic heterocycles. The lowest BCUT2D eigenvalue weighted by atomic mass is 9.84. The van der Waals surface area contributed by atoms with E-state index in [1.807, 2.05) is 12.4 Å². The fourth-order valence-electron chi connectivity index (χ4n) is 6.49. The minimum atomic E-state index is 1.16. The van der Waals surface area contributed by atoms with Crippen LogP contribution >= 0.6 is 0 Å². The van der Waals surface area contributed by atoms with Crippen LogP contribution in [0, 0.1) is 0 Å². The van der Waals surface area contributed by atoms with Crippen LogP contribution in [-0.4, -0.2) is 4.98 Å². The van der Waals surface area contributed by atoms with Crippen molar-refractivity contribution >= 4 is 21.5 Å². The summed E-state index contributed by atoms with van der Waals surface area (Å²) in [6.45, 7) is 0. The number of fused-ring (bicyclic) bond motifs is 2. The van der Waals surface area contributed by atoms with E-state index in [2.05, 4.69) is 169 Å². The molecule has 8 rings (SSSR count). The molecule has 44 heavy (non-hydrogen) atoms. The Balaban J connectivity index is 1.45. The fraction of sp³-hybridized carbons (Fsp3) is 0. The zero-order chi connectivity index (χ0) is 29.3. The maximum Gasteiger partial charge on any atom is 0.0273 e. The average molecular weight is 560 g/mol. The summed E-state index contributed by atoms with van der Waals surface area (Å²) >= 11 is 0. The summed E-state index contributed by atoms with van der Waals surface area (Å²) in [5.41, 5.74) is 12.2. The quantitative estimate of drug-likeness (QED) is 0.191. The number of pyridine rings is 1. The van der Waals surface area contributed by atoms with Gasteiger partial charge in [0.05, 0.1) is 0 Å². The molecule has 1 heteroatoms. The first-order valence-electron chi connectivity index (χ1n) is 15.0. The van der Waals surface area contributed by atoms with Crippen LogP contribution in [0.4, 0.5) is 0 Å². The Hall–Kier alpha value is -5.79. The van der Waals surface area contributed by atoms with Gasteiger partial charge in [-0.05, 0) is 108 Å². The van der Waals surface area contributed by atoms with Crippen LogP contribution < -0.4 is 0 Å². The highest BCUT2D eigenvalue weighted by Gasteiger charge is 2.18. The minimum absolute atomic E-state index is 1.16. The van der Waals surface area contributed by atoms with E-state index < -0.39 is 0 Å².